The van der Waals surface area contributed by atoms with E-state index in [1.54, 1.807) is 13.8 Å². The Morgan fingerprint density at radius 2 is 1.53 bits per heavy atom. The molecular weight excluding hydrogens is 673 g/mol. The van der Waals surface area contributed by atoms with E-state index < -0.39 is 81.1 Å². The Kier molecular flexibility index (Phi) is 17.7. The highest BCUT2D eigenvalue weighted by Gasteiger charge is 2.52. The molecule has 1 heterocycles. The van der Waals surface area contributed by atoms with Crippen LogP contribution in [0.3, 0.4) is 0 Å². The summed E-state index contributed by atoms with van der Waals surface area (Å²) in [6.45, 7) is 11.8. The van der Waals surface area contributed by atoms with Crippen molar-refractivity contribution in [2.45, 2.75) is 134 Å². The second-order valence-corrected chi connectivity index (χ2v) is 18.1. The lowest BCUT2D eigenvalue weighted by atomic mass is 9.88. The van der Waals surface area contributed by atoms with Crippen molar-refractivity contribution in [2.24, 2.45) is 5.92 Å². The van der Waals surface area contributed by atoms with Crippen LogP contribution in [0.15, 0.2) is 60.7 Å². The van der Waals surface area contributed by atoms with Gasteiger partial charge in [-0.1, -0.05) is 108 Å². The van der Waals surface area contributed by atoms with Crippen LogP contribution in [0.25, 0.3) is 0 Å². The summed E-state index contributed by atoms with van der Waals surface area (Å²) < 4.78 is 35.6. The van der Waals surface area contributed by atoms with Gasteiger partial charge in [-0.05, 0) is 48.0 Å². The van der Waals surface area contributed by atoms with Crippen LogP contribution in [0.1, 0.15) is 80.1 Å². The second kappa shape index (κ2) is 20.9. The maximum absolute atomic E-state index is 12.9. The van der Waals surface area contributed by atoms with Gasteiger partial charge in [-0.25, -0.2) is 4.79 Å². The Balaban J connectivity index is 1.94. The number of esters is 1. The number of hydrogen-bond acceptors (Lipinski definition) is 11. The number of carbonyl (C=O) groups excluding carboxylic acids is 1. The molecule has 51 heavy (non-hydrogen) atoms. The van der Waals surface area contributed by atoms with E-state index in [-0.39, 0.29) is 0 Å². The number of ether oxygens (including phenoxy) is 6. The van der Waals surface area contributed by atoms with Crippen LogP contribution in [0.2, 0.25) is 5.04 Å². The zero-order valence-electron chi connectivity index (χ0n) is 31.5. The van der Waals surface area contributed by atoms with Crippen LogP contribution in [0.5, 0.6) is 0 Å². The largest absolute Gasteiger partial charge is 0.467 e. The molecule has 4 unspecified atom stereocenters. The van der Waals surface area contributed by atoms with Gasteiger partial charge in [-0.15, -0.1) is 0 Å². The third-order valence-corrected chi connectivity index (χ3v) is 14.6. The molecule has 11 nitrogen and oxygen atoms in total. The van der Waals surface area contributed by atoms with Crippen molar-refractivity contribution in [3.8, 4) is 0 Å². The van der Waals surface area contributed by atoms with Gasteiger partial charge in [-0.2, -0.15) is 0 Å². The molecule has 2 aromatic rings. The zero-order valence-corrected chi connectivity index (χ0v) is 32.5. The number of hydrogen-bond donors (Lipinski definition) is 4. The van der Waals surface area contributed by atoms with Crippen molar-refractivity contribution < 1.29 is 53.3 Å². The summed E-state index contributed by atoms with van der Waals surface area (Å²) in [4.78, 5) is 25.6. The molecule has 3 rings (SSSR count). The van der Waals surface area contributed by atoms with Crippen LogP contribution >= 0.6 is 0 Å². The first-order valence-corrected chi connectivity index (χ1v) is 20.4. The Hall–Kier alpha value is -2.23. The third kappa shape index (κ3) is 11.1. The van der Waals surface area contributed by atoms with E-state index in [0.717, 1.165) is 36.1 Å². The first-order chi connectivity index (χ1) is 24.4. The second-order valence-electron chi connectivity index (χ2n) is 14.2. The standard InChI is InChI=1S/C39H62O11Si/c1-8-10-24-46-28(4)33(41)36(38(43)45-7)50-32(26-40)49-35-31(48-37(42)27(3)34(35)47-25-11-9-2)22-23-39(5,6)51(44,29-18-14-12-15-19-29)30-20-16-13-17-21-30/h12-21,27-28,31-37,40-42,44H,8-11,22-26H2,1-7H3/t27-,28-,31?,32?,33+,34?,35+,36?,37+/m0/s1. The smallest absolute Gasteiger partial charge is 0.337 e. The summed E-state index contributed by atoms with van der Waals surface area (Å²) in [7, 11) is -2.18. The van der Waals surface area contributed by atoms with E-state index in [1.807, 2.05) is 67.6 Å². The van der Waals surface area contributed by atoms with Crippen LogP contribution < -0.4 is 10.4 Å². The molecule has 1 fully saturated rings. The van der Waals surface area contributed by atoms with Crippen LogP contribution in [-0.2, 0) is 33.2 Å². The lowest BCUT2D eigenvalue weighted by molar-refractivity contribution is -0.317. The van der Waals surface area contributed by atoms with Crippen molar-refractivity contribution in [3.05, 3.63) is 60.7 Å². The van der Waals surface area contributed by atoms with Crippen molar-refractivity contribution in [1.82, 2.24) is 0 Å². The molecule has 12 heteroatoms. The van der Waals surface area contributed by atoms with Gasteiger partial charge in [0.05, 0.1) is 32.0 Å². The summed E-state index contributed by atoms with van der Waals surface area (Å²) in [5.74, 6) is -1.36. The fourth-order valence-corrected chi connectivity index (χ4v) is 10.4. The van der Waals surface area contributed by atoms with E-state index in [9.17, 15) is 24.9 Å². The minimum Gasteiger partial charge on any atom is -0.467 e. The molecule has 0 spiro atoms. The van der Waals surface area contributed by atoms with Gasteiger partial charge in [0.1, 0.15) is 12.2 Å². The lowest BCUT2D eigenvalue weighted by Gasteiger charge is -2.47. The molecule has 2 aromatic carbocycles. The van der Waals surface area contributed by atoms with E-state index in [1.165, 1.54) is 7.11 Å². The van der Waals surface area contributed by atoms with Crippen molar-refractivity contribution in [3.63, 3.8) is 0 Å². The minimum atomic E-state index is -3.37. The molecule has 4 N–H and O–H groups in total. The normalized spacial score (nSPS) is 23.7. The Morgan fingerprint density at radius 1 is 0.961 bits per heavy atom. The molecule has 0 aromatic heterocycles. The first-order valence-electron chi connectivity index (χ1n) is 18.4. The van der Waals surface area contributed by atoms with Gasteiger partial charge in [-0.3, -0.25) is 0 Å². The summed E-state index contributed by atoms with van der Waals surface area (Å²) in [6, 6.07) is 19.5. The molecule has 0 aliphatic carbocycles. The zero-order chi connectivity index (χ0) is 37.6. The van der Waals surface area contributed by atoms with Crippen molar-refractivity contribution in [2.75, 3.05) is 26.9 Å². The first kappa shape index (κ1) is 43.2. The van der Waals surface area contributed by atoms with E-state index in [2.05, 4.69) is 20.8 Å². The van der Waals surface area contributed by atoms with E-state index in [4.69, 9.17) is 28.4 Å². The molecule has 1 aliphatic rings. The molecule has 9 atom stereocenters. The van der Waals surface area contributed by atoms with Gasteiger partial charge < -0.3 is 48.5 Å². The number of rotatable bonds is 22. The molecule has 0 radical (unpaired) electrons. The van der Waals surface area contributed by atoms with Gasteiger partial charge in [0, 0.05) is 19.1 Å². The number of aliphatic hydroxyl groups is 3. The van der Waals surface area contributed by atoms with Crippen LogP contribution in [0.4, 0.5) is 0 Å². The highest BCUT2D eigenvalue weighted by atomic mass is 28.4. The van der Waals surface area contributed by atoms with Crippen LogP contribution in [-0.4, -0.2) is 111 Å². The SMILES string of the molecule is CCCCOC1[C@H](OC(CO)OC(C(=O)OC)[C@H](O)[C@H](C)OCCCC)C(CCC(C)(C)[Si](O)(c2ccccc2)c2ccccc2)O[C@@H](O)[C@H]1C. The van der Waals surface area contributed by atoms with E-state index >= 15 is 0 Å². The predicted octanol–water partition coefficient (Wildman–Crippen LogP) is 3.67. The number of aliphatic hydroxyl groups excluding tert-OH is 3. The lowest BCUT2D eigenvalue weighted by Crippen LogP contribution is -2.65. The summed E-state index contributed by atoms with van der Waals surface area (Å²) in [6.07, 6.45) is -4.34. The molecular formula is C39H62O11Si. The Morgan fingerprint density at radius 3 is 2.06 bits per heavy atom. The van der Waals surface area contributed by atoms with Gasteiger partial charge in [0.2, 0.25) is 0 Å². The number of methoxy groups -OCH3 is 1. The molecule has 0 saturated carbocycles. The Bertz CT molecular complexity index is 1230. The maximum atomic E-state index is 12.9. The van der Waals surface area contributed by atoms with Crippen molar-refractivity contribution >= 4 is 24.7 Å². The summed E-state index contributed by atoms with van der Waals surface area (Å²) in [5.41, 5.74) is 0. The minimum absolute atomic E-state index is 0.355. The monoisotopic (exact) mass is 734 g/mol. The average molecular weight is 735 g/mol. The third-order valence-electron chi connectivity index (χ3n) is 10.1. The number of carbonyl (C=O) groups is 1. The average Bonchev–Trinajstić information content (AvgIpc) is 3.14. The topological polar surface area (TPSA) is 153 Å². The number of unbranched alkanes of at least 4 members (excludes halogenated alkanes) is 2. The fraction of sp³-hybridized carbons (Fsp3) is 0.667. The summed E-state index contributed by atoms with van der Waals surface area (Å²) >= 11 is 0. The maximum Gasteiger partial charge on any atom is 0.337 e. The van der Waals surface area contributed by atoms with Crippen LogP contribution in [0, 0.1) is 5.92 Å². The van der Waals surface area contributed by atoms with Gasteiger partial charge >= 0.3 is 5.97 Å². The highest BCUT2D eigenvalue weighted by molar-refractivity contribution is 6.98. The quantitative estimate of drug-likeness (QED) is 0.0607. The molecule has 1 aliphatic heterocycles. The summed E-state index contributed by atoms with van der Waals surface area (Å²) in [5, 5.41) is 33.8. The molecule has 0 amide bonds. The number of benzene rings is 2. The highest BCUT2D eigenvalue weighted by Crippen LogP contribution is 2.42. The van der Waals surface area contributed by atoms with Gasteiger partial charge in [0.25, 0.3) is 8.32 Å². The Labute approximate surface area is 305 Å². The van der Waals surface area contributed by atoms with Crippen molar-refractivity contribution in [1.29, 1.82) is 0 Å². The predicted molar refractivity (Wildman–Crippen MR) is 197 cm³/mol. The molecule has 1 saturated heterocycles. The van der Waals surface area contributed by atoms with E-state index in [0.29, 0.717) is 26.1 Å². The fourth-order valence-electron chi connectivity index (χ4n) is 6.66. The molecule has 0 bridgehead atoms. The van der Waals surface area contributed by atoms with Gasteiger partial charge in [0.15, 0.2) is 18.7 Å². The molecule has 288 valence electrons.